The van der Waals surface area contributed by atoms with Gasteiger partial charge in [0.05, 0.1) is 24.9 Å². The van der Waals surface area contributed by atoms with Crippen LogP contribution in [-0.4, -0.2) is 47.5 Å². The number of methoxy groups -OCH3 is 1. The van der Waals surface area contributed by atoms with Gasteiger partial charge in [-0.2, -0.15) is 0 Å². The summed E-state index contributed by atoms with van der Waals surface area (Å²) in [6, 6.07) is 17.7. The minimum absolute atomic E-state index is 0.0339. The van der Waals surface area contributed by atoms with Gasteiger partial charge in [0, 0.05) is 37.2 Å². The molecule has 1 aromatic heterocycles. The molecule has 2 aromatic carbocycles. The van der Waals surface area contributed by atoms with Gasteiger partial charge in [-0.25, -0.2) is 9.97 Å². The fraction of sp³-hybridized carbons (Fsp3) is 0.320. The quantitative estimate of drug-likeness (QED) is 0.624. The number of anilines is 1. The lowest BCUT2D eigenvalue weighted by Crippen LogP contribution is -2.38. The molecular formula is C25H28N4O2. The Balaban J connectivity index is 1.73. The van der Waals surface area contributed by atoms with Crippen LogP contribution in [0.15, 0.2) is 54.6 Å². The second-order valence-corrected chi connectivity index (χ2v) is 8.04. The van der Waals surface area contributed by atoms with E-state index in [0.29, 0.717) is 30.8 Å². The van der Waals surface area contributed by atoms with Crippen molar-refractivity contribution in [3.8, 4) is 17.1 Å². The van der Waals surface area contributed by atoms with Gasteiger partial charge >= 0.3 is 0 Å². The summed E-state index contributed by atoms with van der Waals surface area (Å²) < 4.78 is 5.40. The molecule has 0 saturated heterocycles. The maximum Gasteiger partial charge on any atom is 0.257 e. The van der Waals surface area contributed by atoms with E-state index in [2.05, 4.69) is 18.7 Å². The summed E-state index contributed by atoms with van der Waals surface area (Å²) in [5.41, 5.74) is 3.61. The van der Waals surface area contributed by atoms with Crippen LogP contribution in [0.1, 0.15) is 35.5 Å². The molecule has 0 aliphatic carbocycles. The van der Waals surface area contributed by atoms with E-state index in [1.54, 1.807) is 7.11 Å². The third-order valence-corrected chi connectivity index (χ3v) is 5.80. The highest BCUT2D eigenvalue weighted by Gasteiger charge is 2.29. The Kier molecular flexibility index (Phi) is 5.89. The number of benzene rings is 2. The van der Waals surface area contributed by atoms with Gasteiger partial charge in [-0.05, 0) is 26.0 Å². The third-order valence-electron chi connectivity index (χ3n) is 5.80. The van der Waals surface area contributed by atoms with Crippen LogP contribution in [0.2, 0.25) is 0 Å². The smallest absolute Gasteiger partial charge is 0.257 e. The molecular weight excluding hydrogens is 388 g/mol. The van der Waals surface area contributed by atoms with E-state index >= 15 is 0 Å². The largest absolute Gasteiger partial charge is 0.496 e. The van der Waals surface area contributed by atoms with E-state index in [0.717, 1.165) is 28.5 Å². The molecule has 1 aliphatic heterocycles. The number of aromatic nitrogens is 2. The molecule has 0 N–H and O–H groups in total. The van der Waals surface area contributed by atoms with E-state index in [9.17, 15) is 4.79 Å². The Morgan fingerprint density at radius 1 is 1.06 bits per heavy atom. The Hall–Kier alpha value is -3.41. The number of rotatable bonds is 5. The second-order valence-electron chi connectivity index (χ2n) is 8.04. The van der Waals surface area contributed by atoms with E-state index < -0.39 is 0 Å². The van der Waals surface area contributed by atoms with E-state index in [1.807, 2.05) is 66.5 Å². The molecule has 6 nitrogen and oxygen atoms in total. The molecule has 31 heavy (non-hydrogen) atoms. The van der Waals surface area contributed by atoms with Gasteiger partial charge < -0.3 is 14.5 Å². The topological polar surface area (TPSA) is 58.6 Å². The van der Waals surface area contributed by atoms with E-state index in [4.69, 9.17) is 14.7 Å². The van der Waals surface area contributed by atoms with Crippen molar-refractivity contribution in [3.63, 3.8) is 0 Å². The Labute approximate surface area is 183 Å². The molecule has 0 saturated carbocycles. The van der Waals surface area contributed by atoms with Gasteiger partial charge in [-0.3, -0.25) is 4.79 Å². The zero-order valence-electron chi connectivity index (χ0n) is 18.5. The summed E-state index contributed by atoms with van der Waals surface area (Å²) in [5, 5.41) is 0. The van der Waals surface area contributed by atoms with Crippen LogP contribution in [-0.2, 0) is 13.0 Å². The molecule has 160 valence electrons. The summed E-state index contributed by atoms with van der Waals surface area (Å²) in [6.07, 6.45) is 0.692. The van der Waals surface area contributed by atoms with Gasteiger partial charge in [0.25, 0.3) is 5.91 Å². The molecule has 0 atom stereocenters. The van der Waals surface area contributed by atoms with Crippen LogP contribution in [0.4, 0.5) is 5.82 Å². The summed E-state index contributed by atoms with van der Waals surface area (Å²) in [6.45, 7) is 5.36. The second kappa shape index (κ2) is 8.76. The number of ether oxygens (including phenoxy) is 1. The zero-order chi connectivity index (χ0) is 22.0. The molecule has 0 radical (unpaired) electrons. The van der Waals surface area contributed by atoms with E-state index in [-0.39, 0.29) is 11.9 Å². The standard InChI is InChI=1S/C25H28N4O2/c1-17(2)28(3)24-20-16-29(25(30)19-12-8-9-13-22(19)31-4)15-14-21(20)26-23(27-24)18-10-6-5-7-11-18/h5-13,17H,14-16H2,1-4H3. The fourth-order valence-electron chi connectivity index (χ4n) is 3.81. The average molecular weight is 417 g/mol. The van der Waals surface area contributed by atoms with Crippen LogP contribution in [0.5, 0.6) is 5.75 Å². The number of para-hydroxylation sites is 1. The summed E-state index contributed by atoms with van der Waals surface area (Å²) in [5.74, 6) is 2.17. The Morgan fingerprint density at radius 3 is 2.48 bits per heavy atom. The van der Waals surface area contributed by atoms with Crippen LogP contribution >= 0.6 is 0 Å². The predicted molar refractivity (Wildman–Crippen MR) is 122 cm³/mol. The van der Waals surface area contributed by atoms with Crippen LogP contribution in [0.3, 0.4) is 0 Å². The Bertz CT molecular complexity index is 1080. The van der Waals surface area contributed by atoms with Crippen molar-refractivity contribution in [2.45, 2.75) is 32.9 Å². The molecule has 3 aromatic rings. The van der Waals surface area contributed by atoms with Crippen molar-refractivity contribution in [1.29, 1.82) is 0 Å². The maximum atomic E-state index is 13.3. The average Bonchev–Trinajstić information content (AvgIpc) is 2.82. The zero-order valence-corrected chi connectivity index (χ0v) is 18.5. The molecule has 0 bridgehead atoms. The first-order chi connectivity index (χ1) is 15.0. The minimum atomic E-state index is -0.0339. The minimum Gasteiger partial charge on any atom is -0.496 e. The third kappa shape index (κ3) is 4.10. The lowest BCUT2D eigenvalue weighted by molar-refractivity contribution is 0.0730. The molecule has 0 spiro atoms. The summed E-state index contributed by atoms with van der Waals surface area (Å²) in [7, 11) is 3.63. The molecule has 6 heteroatoms. The molecule has 0 fully saturated rings. The molecule has 4 rings (SSSR count). The number of fused-ring (bicyclic) bond motifs is 1. The highest BCUT2D eigenvalue weighted by Crippen LogP contribution is 2.31. The van der Waals surface area contributed by atoms with Crippen molar-refractivity contribution < 1.29 is 9.53 Å². The normalized spacial score (nSPS) is 13.1. The molecule has 1 amide bonds. The van der Waals surface area contributed by atoms with Crippen LogP contribution < -0.4 is 9.64 Å². The highest BCUT2D eigenvalue weighted by molar-refractivity contribution is 5.97. The lowest BCUT2D eigenvalue weighted by atomic mass is 10.0. The fourth-order valence-corrected chi connectivity index (χ4v) is 3.81. The van der Waals surface area contributed by atoms with Gasteiger partial charge in [0.15, 0.2) is 5.82 Å². The number of hydrogen-bond donors (Lipinski definition) is 0. The maximum absolute atomic E-state index is 13.3. The van der Waals surface area contributed by atoms with E-state index in [1.165, 1.54) is 0 Å². The van der Waals surface area contributed by atoms with Gasteiger partial charge in [0.1, 0.15) is 11.6 Å². The number of hydrogen-bond acceptors (Lipinski definition) is 5. The summed E-state index contributed by atoms with van der Waals surface area (Å²) >= 11 is 0. The number of nitrogens with zero attached hydrogens (tertiary/aromatic N) is 4. The molecule has 2 heterocycles. The first-order valence-corrected chi connectivity index (χ1v) is 10.6. The highest BCUT2D eigenvalue weighted by atomic mass is 16.5. The lowest BCUT2D eigenvalue weighted by Gasteiger charge is -2.33. The van der Waals surface area contributed by atoms with Crippen LogP contribution in [0, 0.1) is 0 Å². The van der Waals surface area contributed by atoms with Crippen molar-refractivity contribution >= 4 is 11.7 Å². The molecule has 0 unspecified atom stereocenters. The number of carbonyl (C=O) groups is 1. The summed E-state index contributed by atoms with van der Waals surface area (Å²) in [4.78, 5) is 27.1. The Morgan fingerprint density at radius 2 is 1.77 bits per heavy atom. The number of carbonyl (C=O) groups excluding carboxylic acids is 1. The number of amides is 1. The first kappa shape index (κ1) is 20.8. The van der Waals surface area contributed by atoms with Gasteiger partial charge in [0.2, 0.25) is 0 Å². The van der Waals surface area contributed by atoms with Crippen molar-refractivity contribution in [2.24, 2.45) is 0 Å². The monoisotopic (exact) mass is 416 g/mol. The molecule has 1 aliphatic rings. The van der Waals surface area contributed by atoms with Crippen molar-refractivity contribution in [3.05, 3.63) is 71.4 Å². The van der Waals surface area contributed by atoms with Crippen molar-refractivity contribution in [2.75, 3.05) is 25.6 Å². The van der Waals surface area contributed by atoms with Crippen molar-refractivity contribution in [1.82, 2.24) is 14.9 Å². The van der Waals surface area contributed by atoms with Gasteiger partial charge in [-0.15, -0.1) is 0 Å². The van der Waals surface area contributed by atoms with Gasteiger partial charge in [-0.1, -0.05) is 42.5 Å². The first-order valence-electron chi connectivity index (χ1n) is 10.6. The predicted octanol–water partition coefficient (Wildman–Crippen LogP) is 4.20. The van der Waals surface area contributed by atoms with Crippen LogP contribution in [0.25, 0.3) is 11.4 Å². The SMILES string of the molecule is COc1ccccc1C(=O)N1CCc2nc(-c3ccccc3)nc(N(C)C(C)C)c2C1.